The predicted molar refractivity (Wildman–Crippen MR) is 159 cm³/mol. The molecular weight excluding hydrogens is 478 g/mol. The molecule has 0 fully saturated rings. The van der Waals surface area contributed by atoms with Crippen LogP contribution in [0.3, 0.4) is 0 Å². The standard InChI is InChI=1S/C26H31N3OS.C3H4O.C2H6/c1-4-18-7-5-9-21(14-17(2)13-18)28-25(30)26-29-24(16-31-26)20-12-11-19-8-6-10-23(27-3)22(19)15-20;1-2-3-4;1-2/h5-8,10-12,15-18,21,27H,4,9,13-14H2,1-3H3,(H,28,30);2-3H,1H2;1-2H3/b7-5-;;. The molecule has 1 heterocycles. The van der Waals surface area contributed by atoms with Crippen LogP contribution in [0.15, 0.2) is 66.6 Å². The molecule has 6 heteroatoms. The number of anilines is 1. The Labute approximate surface area is 226 Å². The van der Waals surface area contributed by atoms with Crippen molar-refractivity contribution < 1.29 is 9.59 Å². The second kappa shape index (κ2) is 15.8. The van der Waals surface area contributed by atoms with Crippen molar-refractivity contribution in [1.29, 1.82) is 0 Å². The van der Waals surface area contributed by atoms with Crippen LogP contribution in [0.2, 0.25) is 0 Å². The summed E-state index contributed by atoms with van der Waals surface area (Å²) in [5.41, 5.74) is 2.96. The van der Waals surface area contributed by atoms with Gasteiger partial charge in [0.2, 0.25) is 0 Å². The van der Waals surface area contributed by atoms with Crippen molar-refractivity contribution in [2.75, 3.05) is 12.4 Å². The van der Waals surface area contributed by atoms with Crippen LogP contribution in [0.5, 0.6) is 0 Å². The van der Waals surface area contributed by atoms with Gasteiger partial charge in [0, 0.05) is 35.1 Å². The minimum absolute atomic E-state index is 0.0637. The fourth-order valence-electron chi connectivity index (χ4n) is 4.54. The number of nitrogens with one attached hydrogen (secondary N) is 2. The molecule has 0 saturated carbocycles. The molecule has 2 N–H and O–H groups in total. The van der Waals surface area contributed by atoms with Crippen LogP contribution in [0.25, 0.3) is 22.0 Å². The van der Waals surface area contributed by atoms with Crippen LogP contribution in [0.1, 0.15) is 63.2 Å². The molecule has 3 aromatic rings. The van der Waals surface area contributed by atoms with Crippen LogP contribution in [0, 0.1) is 11.8 Å². The Morgan fingerprint density at radius 2 is 1.97 bits per heavy atom. The summed E-state index contributed by atoms with van der Waals surface area (Å²) in [6.07, 6.45) is 10.7. The summed E-state index contributed by atoms with van der Waals surface area (Å²) in [5.74, 6) is 1.20. The first-order chi connectivity index (χ1) is 18.0. The summed E-state index contributed by atoms with van der Waals surface area (Å²) >= 11 is 1.41. The summed E-state index contributed by atoms with van der Waals surface area (Å²) in [7, 11) is 1.93. The molecule has 2 aromatic carbocycles. The molecule has 1 aliphatic carbocycles. The van der Waals surface area contributed by atoms with E-state index in [0.29, 0.717) is 23.1 Å². The third-order valence-electron chi connectivity index (χ3n) is 6.32. The van der Waals surface area contributed by atoms with Gasteiger partial charge in [-0.2, -0.15) is 0 Å². The first kappa shape index (κ1) is 30.0. The molecule has 0 aliphatic heterocycles. The highest BCUT2D eigenvalue weighted by atomic mass is 32.1. The summed E-state index contributed by atoms with van der Waals surface area (Å²) in [5, 5.41) is 11.3. The Morgan fingerprint density at radius 1 is 1.22 bits per heavy atom. The Hall–Kier alpha value is -3.25. The highest BCUT2D eigenvalue weighted by Crippen LogP contribution is 2.30. The maximum Gasteiger partial charge on any atom is 0.280 e. The van der Waals surface area contributed by atoms with Crippen molar-refractivity contribution >= 4 is 40.0 Å². The smallest absolute Gasteiger partial charge is 0.280 e. The summed E-state index contributed by atoms with van der Waals surface area (Å²) in [6, 6.07) is 12.7. The maximum absolute atomic E-state index is 12.9. The second-order valence-corrected chi connectivity index (χ2v) is 9.84. The maximum atomic E-state index is 12.9. The third kappa shape index (κ3) is 8.67. The van der Waals surface area contributed by atoms with Gasteiger partial charge in [-0.15, -0.1) is 11.3 Å². The van der Waals surface area contributed by atoms with Crippen LogP contribution in [0.4, 0.5) is 5.69 Å². The SMILES string of the molecule is C=CC=O.CC.CCC1/C=C\CC(NC(=O)c2nc(-c3ccc4cccc(NC)c4c3)cs2)CC(C)C1. The van der Waals surface area contributed by atoms with Crippen LogP contribution >= 0.6 is 11.3 Å². The Morgan fingerprint density at radius 3 is 2.65 bits per heavy atom. The Balaban J connectivity index is 0.000000733. The molecule has 1 aromatic heterocycles. The minimum atomic E-state index is -0.0637. The van der Waals surface area contributed by atoms with Crippen molar-refractivity contribution in [3.05, 3.63) is 71.6 Å². The predicted octanol–water partition coefficient (Wildman–Crippen LogP) is 7.90. The van der Waals surface area contributed by atoms with E-state index >= 15 is 0 Å². The fraction of sp³-hybridized carbons (Fsp3) is 0.387. The minimum Gasteiger partial charge on any atom is -0.388 e. The molecule has 3 atom stereocenters. The van der Waals surface area contributed by atoms with Gasteiger partial charge in [0.1, 0.15) is 6.29 Å². The number of carbonyl (C=O) groups is 2. The average molecular weight is 520 g/mol. The molecule has 5 nitrogen and oxygen atoms in total. The van der Waals surface area contributed by atoms with E-state index in [1.807, 2.05) is 32.3 Å². The number of fused-ring (bicyclic) bond motifs is 1. The van der Waals surface area contributed by atoms with Crippen molar-refractivity contribution in [3.8, 4) is 11.3 Å². The lowest BCUT2D eigenvalue weighted by molar-refractivity contribution is -0.104. The van der Waals surface area contributed by atoms with E-state index < -0.39 is 0 Å². The number of aromatic nitrogens is 1. The zero-order valence-corrected chi connectivity index (χ0v) is 23.6. The summed E-state index contributed by atoms with van der Waals surface area (Å²) in [4.78, 5) is 26.6. The van der Waals surface area contributed by atoms with E-state index in [0.717, 1.165) is 35.2 Å². The molecule has 4 rings (SSSR count). The third-order valence-corrected chi connectivity index (χ3v) is 7.16. The lowest BCUT2D eigenvalue weighted by Crippen LogP contribution is -2.36. The molecule has 3 unspecified atom stereocenters. The topological polar surface area (TPSA) is 71.1 Å². The van der Waals surface area contributed by atoms with Crippen LogP contribution < -0.4 is 10.6 Å². The summed E-state index contributed by atoms with van der Waals surface area (Å²) in [6.45, 7) is 11.7. The molecule has 0 bridgehead atoms. The van der Waals surface area contributed by atoms with E-state index in [1.54, 1.807) is 0 Å². The lowest BCUT2D eigenvalue weighted by Gasteiger charge is -2.25. The number of carbonyl (C=O) groups excluding carboxylic acids is 2. The number of amides is 1. The lowest BCUT2D eigenvalue weighted by atomic mass is 9.86. The number of hydrogen-bond donors (Lipinski definition) is 2. The van der Waals surface area contributed by atoms with E-state index in [1.165, 1.54) is 35.6 Å². The first-order valence-electron chi connectivity index (χ1n) is 13.2. The van der Waals surface area contributed by atoms with Gasteiger partial charge >= 0.3 is 0 Å². The number of hydrogen-bond acceptors (Lipinski definition) is 5. The molecule has 0 saturated heterocycles. The van der Waals surface area contributed by atoms with E-state index in [2.05, 4.69) is 78.5 Å². The molecule has 198 valence electrons. The number of allylic oxidation sites excluding steroid dienone is 2. The number of thiazole rings is 1. The molecule has 1 aliphatic rings. The van der Waals surface area contributed by atoms with Gasteiger partial charge in [0.05, 0.1) is 5.69 Å². The van der Waals surface area contributed by atoms with Gasteiger partial charge in [0.15, 0.2) is 5.01 Å². The van der Waals surface area contributed by atoms with Gasteiger partial charge in [-0.3, -0.25) is 9.59 Å². The zero-order valence-electron chi connectivity index (χ0n) is 22.8. The zero-order chi connectivity index (χ0) is 27.2. The van der Waals surface area contributed by atoms with Crippen LogP contribution in [-0.2, 0) is 4.79 Å². The summed E-state index contributed by atoms with van der Waals surface area (Å²) < 4.78 is 0. The fourth-order valence-corrected chi connectivity index (χ4v) is 5.27. The average Bonchev–Trinajstić information content (AvgIpc) is 3.42. The number of aldehydes is 1. The normalized spacial score (nSPS) is 19.5. The Bertz CT molecular complexity index is 1180. The van der Waals surface area contributed by atoms with Gasteiger partial charge in [-0.05, 0) is 61.1 Å². The molecule has 37 heavy (non-hydrogen) atoms. The molecular formula is C31H41N3O2S. The van der Waals surface area contributed by atoms with Gasteiger partial charge < -0.3 is 10.6 Å². The van der Waals surface area contributed by atoms with Crippen molar-refractivity contribution in [3.63, 3.8) is 0 Å². The second-order valence-electron chi connectivity index (χ2n) is 8.98. The highest BCUT2D eigenvalue weighted by molar-refractivity contribution is 7.12. The monoisotopic (exact) mass is 519 g/mol. The van der Waals surface area contributed by atoms with E-state index in [-0.39, 0.29) is 11.9 Å². The van der Waals surface area contributed by atoms with E-state index in [4.69, 9.17) is 4.79 Å². The quantitative estimate of drug-likeness (QED) is 0.197. The molecule has 0 spiro atoms. The van der Waals surface area contributed by atoms with Gasteiger partial charge in [-0.1, -0.05) is 70.7 Å². The van der Waals surface area contributed by atoms with Gasteiger partial charge in [-0.25, -0.2) is 4.98 Å². The Kier molecular flexibility index (Phi) is 12.8. The number of rotatable bonds is 6. The van der Waals surface area contributed by atoms with Crippen molar-refractivity contribution in [1.82, 2.24) is 10.3 Å². The van der Waals surface area contributed by atoms with E-state index in [9.17, 15) is 4.79 Å². The number of nitrogens with zero attached hydrogens (tertiary/aromatic N) is 1. The van der Waals surface area contributed by atoms with Crippen LogP contribution in [-0.4, -0.2) is 30.3 Å². The van der Waals surface area contributed by atoms with Crippen molar-refractivity contribution in [2.45, 2.75) is 59.4 Å². The molecule has 1 amide bonds. The highest BCUT2D eigenvalue weighted by Gasteiger charge is 2.21. The number of benzene rings is 2. The van der Waals surface area contributed by atoms with Crippen molar-refractivity contribution in [2.24, 2.45) is 11.8 Å². The largest absolute Gasteiger partial charge is 0.388 e. The molecule has 0 radical (unpaired) electrons. The first-order valence-corrected chi connectivity index (χ1v) is 14.1. The van der Waals surface area contributed by atoms with Gasteiger partial charge in [0.25, 0.3) is 5.91 Å².